The third kappa shape index (κ3) is 2.66. The number of nitrogens with zero attached hydrogens (tertiary/aromatic N) is 1. The normalized spacial score (nSPS) is 16.1. The molecule has 22 heavy (non-hydrogen) atoms. The van der Waals surface area contributed by atoms with Crippen molar-refractivity contribution in [2.24, 2.45) is 0 Å². The minimum atomic E-state index is -2.90. The first-order valence-corrected chi connectivity index (χ1v) is 8.49. The van der Waals surface area contributed by atoms with E-state index < -0.39 is 10.6 Å². The van der Waals surface area contributed by atoms with Crippen molar-refractivity contribution in [1.29, 1.82) is 0 Å². The summed E-state index contributed by atoms with van der Waals surface area (Å²) in [5, 5.41) is 1.37. The zero-order valence-electron chi connectivity index (χ0n) is 12.1. The molecule has 0 spiro atoms. The predicted octanol–water partition coefficient (Wildman–Crippen LogP) is 4.05. The fourth-order valence-corrected chi connectivity index (χ4v) is 3.79. The zero-order chi connectivity index (χ0) is 15.7. The van der Waals surface area contributed by atoms with Crippen LogP contribution < -0.4 is 0 Å². The van der Waals surface area contributed by atoms with Gasteiger partial charge in [0, 0.05) is 30.1 Å². The Hall–Kier alpha value is -2.08. The van der Waals surface area contributed by atoms with Crippen LogP contribution in [-0.2, 0) is 6.54 Å². The molecule has 0 bridgehead atoms. The number of carbonyl (C=O) groups is 1. The summed E-state index contributed by atoms with van der Waals surface area (Å²) >= 11 is 0. The molecule has 2 N–H and O–H groups in total. The maximum absolute atomic E-state index is 12.7. The summed E-state index contributed by atoms with van der Waals surface area (Å²) < 4.78 is 19.9. The molecule has 2 aromatic carbocycles. The van der Waals surface area contributed by atoms with Crippen molar-refractivity contribution in [2.45, 2.75) is 11.4 Å². The van der Waals surface area contributed by atoms with Gasteiger partial charge in [-0.1, -0.05) is 36.4 Å². The molecule has 1 heterocycles. The second-order valence-electron chi connectivity index (χ2n) is 5.26. The summed E-state index contributed by atoms with van der Waals surface area (Å²) in [7, 11) is -1.16. The van der Waals surface area contributed by atoms with Gasteiger partial charge in [0.25, 0.3) is 5.91 Å². The number of rotatable bonds is 3. The summed E-state index contributed by atoms with van der Waals surface area (Å²) in [5.74, 6) is -0.137. The Kier molecular flexibility index (Phi) is 3.78. The molecule has 114 valence electrons. The van der Waals surface area contributed by atoms with E-state index in [1.54, 1.807) is 36.2 Å². The first kappa shape index (κ1) is 14.8. The maximum Gasteiger partial charge on any atom is 0.254 e. The van der Waals surface area contributed by atoms with E-state index in [4.69, 9.17) is 0 Å². The molecule has 1 aliphatic rings. The molecule has 1 amide bonds. The topological polar surface area (TPSA) is 60.8 Å². The molecule has 1 aliphatic heterocycles. The molecule has 5 heteroatoms. The average Bonchev–Trinajstić information content (AvgIpc) is 2.83. The minimum Gasteiger partial charge on any atom is -0.337 e. The summed E-state index contributed by atoms with van der Waals surface area (Å²) in [6, 6.07) is 14.8. The Morgan fingerprint density at radius 2 is 1.82 bits per heavy atom. The summed E-state index contributed by atoms with van der Waals surface area (Å²) in [5.41, 5.74) is 2.14. The van der Waals surface area contributed by atoms with E-state index >= 15 is 0 Å². The molecule has 0 radical (unpaired) electrons. The second-order valence-corrected chi connectivity index (χ2v) is 7.16. The summed E-state index contributed by atoms with van der Waals surface area (Å²) in [4.78, 5) is 14.7. The van der Waals surface area contributed by atoms with Crippen molar-refractivity contribution in [2.75, 3.05) is 7.05 Å². The van der Waals surface area contributed by atoms with E-state index in [2.05, 4.69) is 0 Å². The Bertz CT molecular complexity index is 741. The van der Waals surface area contributed by atoms with Gasteiger partial charge in [-0.3, -0.25) is 13.9 Å². The minimum absolute atomic E-state index is 0.137. The number of fused-ring (bicyclic) bond motifs is 1. The highest BCUT2D eigenvalue weighted by molar-refractivity contribution is 8.27. The quantitative estimate of drug-likeness (QED) is 0.898. The van der Waals surface area contributed by atoms with Crippen LogP contribution in [0.2, 0.25) is 0 Å². The van der Waals surface area contributed by atoms with Gasteiger partial charge in [0.05, 0.1) is 4.90 Å². The molecule has 0 atom stereocenters. The third-order valence-corrected chi connectivity index (χ3v) is 5.17. The summed E-state index contributed by atoms with van der Waals surface area (Å²) in [6.45, 7) is 0.503. The van der Waals surface area contributed by atoms with Gasteiger partial charge < -0.3 is 4.90 Å². The number of hydrogen-bond acceptors (Lipinski definition) is 3. The van der Waals surface area contributed by atoms with E-state index in [1.165, 1.54) is 5.41 Å². The van der Waals surface area contributed by atoms with Gasteiger partial charge in [-0.15, -0.1) is 10.6 Å². The van der Waals surface area contributed by atoms with Gasteiger partial charge in [-0.2, -0.15) is 0 Å². The van der Waals surface area contributed by atoms with Gasteiger partial charge in [0.1, 0.15) is 0 Å². The fourth-order valence-electron chi connectivity index (χ4n) is 2.54. The molecular formula is C17H17NO3S. The molecule has 4 nitrogen and oxygen atoms in total. The first-order chi connectivity index (χ1) is 10.5. The van der Waals surface area contributed by atoms with Crippen molar-refractivity contribution in [3.05, 3.63) is 70.6 Å². The zero-order valence-corrected chi connectivity index (χ0v) is 13.0. The second kappa shape index (κ2) is 5.61. The monoisotopic (exact) mass is 315 g/mol. The molecular weight excluding hydrogens is 298 g/mol. The molecule has 2 aromatic rings. The average molecular weight is 315 g/mol. The van der Waals surface area contributed by atoms with E-state index in [-0.39, 0.29) is 5.91 Å². The first-order valence-electron chi connectivity index (χ1n) is 6.88. The van der Waals surface area contributed by atoms with Crippen LogP contribution >= 0.6 is 10.6 Å². The van der Waals surface area contributed by atoms with Crippen molar-refractivity contribution < 1.29 is 13.9 Å². The maximum atomic E-state index is 12.7. The van der Waals surface area contributed by atoms with Gasteiger partial charge in [-0.05, 0) is 23.8 Å². The Morgan fingerprint density at radius 3 is 2.55 bits per heavy atom. The highest BCUT2D eigenvalue weighted by atomic mass is 32.3. The van der Waals surface area contributed by atoms with Crippen LogP contribution in [0.1, 0.15) is 21.5 Å². The van der Waals surface area contributed by atoms with Gasteiger partial charge in [0.15, 0.2) is 0 Å². The van der Waals surface area contributed by atoms with Crippen molar-refractivity contribution in [3.63, 3.8) is 0 Å². The number of amides is 1. The lowest BCUT2D eigenvalue weighted by Gasteiger charge is -2.26. The Labute approximate surface area is 131 Å². The lowest BCUT2D eigenvalue weighted by atomic mass is 10.1. The van der Waals surface area contributed by atoms with E-state index in [0.29, 0.717) is 22.6 Å². The molecule has 0 saturated heterocycles. The van der Waals surface area contributed by atoms with E-state index in [1.807, 2.05) is 30.3 Å². The van der Waals surface area contributed by atoms with Crippen molar-refractivity contribution in [1.82, 2.24) is 4.90 Å². The Balaban J connectivity index is 1.88. The molecule has 0 aliphatic carbocycles. The van der Waals surface area contributed by atoms with Crippen molar-refractivity contribution in [3.8, 4) is 0 Å². The van der Waals surface area contributed by atoms with Crippen LogP contribution in [0.3, 0.4) is 0 Å². The predicted molar refractivity (Wildman–Crippen MR) is 88.8 cm³/mol. The van der Waals surface area contributed by atoms with Crippen LogP contribution in [-0.4, -0.2) is 27.0 Å². The van der Waals surface area contributed by atoms with Crippen LogP contribution in [0.4, 0.5) is 0 Å². The van der Waals surface area contributed by atoms with Crippen LogP contribution in [0, 0.1) is 0 Å². The number of carbonyl (C=O) groups excluding carboxylic acids is 1. The molecule has 3 rings (SSSR count). The molecule has 0 unspecified atom stereocenters. The van der Waals surface area contributed by atoms with E-state index in [9.17, 15) is 13.9 Å². The van der Waals surface area contributed by atoms with Gasteiger partial charge in [0.2, 0.25) is 0 Å². The van der Waals surface area contributed by atoms with Crippen molar-refractivity contribution >= 4 is 22.6 Å². The molecule has 0 saturated carbocycles. The van der Waals surface area contributed by atoms with Crippen LogP contribution in [0.25, 0.3) is 6.08 Å². The fraction of sp³-hybridized carbons (Fsp3) is 0.118. The van der Waals surface area contributed by atoms with Gasteiger partial charge in [-0.25, -0.2) is 0 Å². The smallest absolute Gasteiger partial charge is 0.254 e. The highest BCUT2D eigenvalue weighted by Crippen LogP contribution is 2.56. The summed E-state index contributed by atoms with van der Waals surface area (Å²) in [6.07, 6.45) is 1.62. The highest BCUT2D eigenvalue weighted by Gasteiger charge is 2.26. The van der Waals surface area contributed by atoms with E-state index in [0.717, 1.165) is 5.56 Å². The largest absolute Gasteiger partial charge is 0.337 e. The standard InChI is InChI=1S/C17H17NO3S/c1-18(12-13-6-3-2-4-7-13)17(19)15-8-5-9-16-14(15)10-11-22(16,20)21/h2-11,20-21H,12H2,1H3. The molecule has 0 aromatic heterocycles. The SMILES string of the molecule is CN(Cc1ccccc1)C(=O)c1cccc2c1C=CS2(O)O. The van der Waals surface area contributed by atoms with Crippen LogP contribution in [0.5, 0.6) is 0 Å². The van der Waals surface area contributed by atoms with Crippen LogP contribution in [0.15, 0.2) is 58.8 Å². The molecule has 0 fully saturated rings. The Morgan fingerprint density at radius 1 is 1.09 bits per heavy atom. The third-order valence-electron chi connectivity index (χ3n) is 3.65. The van der Waals surface area contributed by atoms with Gasteiger partial charge >= 0.3 is 0 Å². The number of hydrogen-bond donors (Lipinski definition) is 2. The lowest BCUT2D eigenvalue weighted by Crippen LogP contribution is -2.26. The number of benzene rings is 2. The lowest BCUT2D eigenvalue weighted by molar-refractivity contribution is 0.0784.